The van der Waals surface area contributed by atoms with Gasteiger partial charge in [-0.2, -0.15) is 5.10 Å². The Labute approximate surface area is 103 Å². The highest BCUT2D eigenvalue weighted by Crippen LogP contribution is 2.18. The van der Waals surface area contributed by atoms with Gasteiger partial charge in [0, 0.05) is 6.20 Å². The third kappa shape index (κ3) is 1.81. The number of aryl methyl sites for hydroxylation is 1. The van der Waals surface area contributed by atoms with E-state index in [2.05, 4.69) is 14.6 Å². The molecule has 0 N–H and O–H groups in total. The molecule has 2 heterocycles. The van der Waals surface area contributed by atoms with Gasteiger partial charge in [-0.05, 0) is 18.6 Å². The molecule has 0 bridgehead atoms. The number of aromatic nitrogens is 2. The molecule has 0 atom stereocenters. The summed E-state index contributed by atoms with van der Waals surface area (Å²) in [7, 11) is 2.49. The highest BCUT2D eigenvalue weighted by Gasteiger charge is 2.25. The van der Waals surface area contributed by atoms with Gasteiger partial charge in [-0.25, -0.2) is 14.1 Å². The molecule has 0 spiro atoms. The molecule has 0 aromatic carbocycles. The lowest BCUT2D eigenvalue weighted by molar-refractivity contribution is 0.0553. The predicted octanol–water partition coefficient (Wildman–Crippen LogP) is 1.22. The summed E-state index contributed by atoms with van der Waals surface area (Å²) < 4.78 is 10.7. The van der Waals surface area contributed by atoms with Gasteiger partial charge in [0.15, 0.2) is 5.69 Å². The molecule has 2 aromatic rings. The van der Waals surface area contributed by atoms with E-state index in [-0.39, 0.29) is 11.3 Å². The van der Waals surface area contributed by atoms with Crippen LogP contribution in [0.4, 0.5) is 0 Å². The number of methoxy groups -OCH3 is 2. The number of ether oxygens (including phenoxy) is 2. The first kappa shape index (κ1) is 12.1. The van der Waals surface area contributed by atoms with Gasteiger partial charge in [-0.3, -0.25) is 0 Å². The van der Waals surface area contributed by atoms with Crippen LogP contribution in [0.3, 0.4) is 0 Å². The quantitative estimate of drug-likeness (QED) is 0.747. The first-order valence-corrected chi connectivity index (χ1v) is 5.24. The molecule has 0 aliphatic carbocycles. The Morgan fingerprint density at radius 3 is 2.44 bits per heavy atom. The van der Waals surface area contributed by atoms with Crippen molar-refractivity contribution in [2.75, 3.05) is 14.2 Å². The Bertz CT molecular complexity index is 630. The summed E-state index contributed by atoms with van der Waals surface area (Å²) in [5.41, 5.74) is 1.53. The maximum atomic E-state index is 11.7. The average Bonchev–Trinajstić information content (AvgIpc) is 2.75. The Morgan fingerprint density at radius 1 is 1.17 bits per heavy atom. The third-order valence-corrected chi connectivity index (χ3v) is 2.55. The monoisotopic (exact) mass is 248 g/mol. The lowest BCUT2D eigenvalue weighted by Crippen LogP contribution is -2.10. The summed E-state index contributed by atoms with van der Waals surface area (Å²) in [6.07, 6.45) is 1.72. The molecule has 94 valence electrons. The van der Waals surface area contributed by atoms with Crippen molar-refractivity contribution in [2.24, 2.45) is 0 Å². The van der Waals surface area contributed by atoms with Gasteiger partial charge < -0.3 is 9.47 Å². The topological polar surface area (TPSA) is 69.9 Å². The van der Waals surface area contributed by atoms with E-state index in [0.717, 1.165) is 5.56 Å². The zero-order valence-corrected chi connectivity index (χ0v) is 10.3. The Kier molecular flexibility index (Phi) is 3.01. The fraction of sp³-hybridized carbons (Fsp3) is 0.250. The largest absolute Gasteiger partial charge is 0.465 e. The number of carbonyl (C=O) groups is 2. The number of hydrogen-bond acceptors (Lipinski definition) is 5. The van der Waals surface area contributed by atoms with Crippen LogP contribution in [0.15, 0.2) is 18.3 Å². The molecule has 0 aliphatic rings. The van der Waals surface area contributed by atoms with Crippen LogP contribution in [0.1, 0.15) is 26.4 Å². The second kappa shape index (κ2) is 4.48. The number of esters is 2. The summed E-state index contributed by atoms with van der Waals surface area (Å²) in [5.74, 6) is -1.29. The molecular formula is C12H12N2O4. The van der Waals surface area contributed by atoms with Crippen LogP contribution in [-0.4, -0.2) is 35.8 Å². The van der Waals surface area contributed by atoms with Gasteiger partial charge in [0.05, 0.1) is 19.7 Å². The van der Waals surface area contributed by atoms with Gasteiger partial charge in [0.1, 0.15) is 5.56 Å². The standard InChI is InChI=1S/C12H12N2O4/c1-7-4-5-8-9(11(15)17-2)10(12(16)18-3)13-14(8)6-7/h4-6H,1-3H3. The number of carbonyl (C=O) groups excluding carboxylic acids is 2. The molecule has 18 heavy (non-hydrogen) atoms. The minimum Gasteiger partial charge on any atom is -0.465 e. The van der Waals surface area contributed by atoms with E-state index in [4.69, 9.17) is 0 Å². The zero-order valence-electron chi connectivity index (χ0n) is 10.3. The molecule has 0 radical (unpaired) electrons. The van der Waals surface area contributed by atoms with E-state index in [9.17, 15) is 9.59 Å². The highest BCUT2D eigenvalue weighted by atomic mass is 16.5. The predicted molar refractivity (Wildman–Crippen MR) is 62.6 cm³/mol. The Balaban J connectivity index is 2.76. The summed E-state index contributed by atoms with van der Waals surface area (Å²) in [5, 5.41) is 4.05. The van der Waals surface area contributed by atoms with Crippen molar-refractivity contribution < 1.29 is 19.1 Å². The molecule has 2 rings (SSSR count). The van der Waals surface area contributed by atoms with Crippen molar-refractivity contribution in [1.82, 2.24) is 9.61 Å². The first-order chi connectivity index (χ1) is 8.58. The van der Waals surface area contributed by atoms with Crippen molar-refractivity contribution in [3.8, 4) is 0 Å². The SMILES string of the molecule is COC(=O)c1nn2cc(C)ccc2c1C(=O)OC. The molecule has 0 aliphatic heterocycles. The van der Waals surface area contributed by atoms with E-state index >= 15 is 0 Å². The van der Waals surface area contributed by atoms with Crippen molar-refractivity contribution >= 4 is 17.5 Å². The van der Waals surface area contributed by atoms with Gasteiger partial charge >= 0.3 is 11.9 Å². The van der Waals surface area contributed by atoms with Gasteiger partial charge in [-0.15, -0.1) is 0 Å². The van der Waals surface area contributed by atoms with Crippen LogP contribution in [0.5, 0.6) is 0 Å². The second-order valence-corrected chi connectivity index (χ2v) is 3.74. The summed E-state index contributed by atoms with van der Waals surface area (Å²) in [4.78, 5) is 23.3. The fourth-order valence-electron chi connectivity index (χ4n) is 1.69. The number of fused-ring (bicyclic) bond motifs is 1. The highest BCUT2D eigenvalue weighted by molar-refractivity contribution is 6.07. The van der Waals surface area contributed by atoms with Gasteiger partial charge in [0.25, 0.3) is 0 Å². The average molecular weight is 248 g/mol. The number of pyridine rings is 1. The maximum absolute atomic E-state index is 11.7. The number of hydrogen-bond donors (Lipinski definition) is 0. The molecule has 0 fully saturated rings. The molecule has 0 saturated heterocycles. The van der Waals surface area contributed by atoms with Crippen molar-refractivity contribution in [3.05, 3.63) is 35.2 Å². The van der Waals surface area contributed by atoms with E-state index in [0.29, 0.717) is 5.52 Å². The van der Waals surface area contributed by atoms with Gasteiger partial charge in [0.2, 0.25) is 0 Å². The third-order valence-electron chi connectivity index (χ3n) is 2.55. The summed E-state index contributed by atoms with van der Waals surface area (Å²) in [6.45, 7) is 1.89. The van der Waals surface area contributed by atoms with Crippen molar-refractivity contribution in [2.45, 2.75) is 6.92 Å². The van der Waals surface area contributed by atoms with Crippen molar-refractivity contribution in [1.29, 1.82) is 0 Å². The normalized spacial score (nSPS) is 10.4. The minimum atomic E-state index is -0.670. The van der Waals surface area contributed by atoms with Crippen molar-refractivity contribution in [3.63, 3.8) is 0 Å². The second-order valence-electron chi connectivity index (χ2n) is 3.74. The smallest absolute Gasteiger partial charge is 0.359 e. The molecule has 0 amide bonds. The first-order valence-electron chi connectivity index (χ1n) is 5.24. The fourth-order valence-corrected chi connectivity index (χ4v) is 1.69. The van der Waals surface area contributed by atoms with Crippen LogP contribution < -0.4 is 0 Å². The maximum Gasteiger partial charge on any atom is 0.359 e. The van der Waals surface area contributed by atoms with E-state index in [1.54, 1.807) is 12.3 Å². The molecular weight excluding hydrogens is 236 g/mol. The van der Waals surface area contributed by atoms with E-state index in [1.807, 2.05) is 13.0 Å². The summed E-state index contributed by atoms with van der Waals surface area (Å²) >= 11 is 0. The van der Waals surface area contributed by atoms with Crippen LogP contribution in [0.2, 0.25) is 0 Å². The van der Waals surface area contributed by atoms with Gasteiger partial charge in [-0.1, -0.05) is 6.07 Å². The molecule has 2 aromatic heterocycles. The number of rotatable bonds is 2. The molecule has 6 nitrogen and oxygen atoms in total. The summed E-state index contributed by atoms with van der Waals surface area (Å²) in [6, 6.07) is 3.53. The lowest BCUT2D eigenvalue weighted by Gasteiger charge is -1.99. The van der Waals surface area contributed by atoms with Crippen LogP contribution in [0, 0.1) is 6.92 Å². The molecule has 0 saturated carbocycles. The minimum absolute atomic E-state index is 0.0463. The van der Waals surface area contributed by atoms with E-state index < -0.39 is 11.9 Å². The number of nitrogens with zero attached hydrogens (tertiary/aromatic N) is 2. The lowest BCUT2D eigenvalue weighted by atomic mass is 10.2. The Morgan fingerprint density at radius 2 is 1.83 bits per heavy atom. The van der Waals surface area contributed by atoms with Crippen LogP contribution in [0.25, 0.3) is 5.52 Å². The van der Waals surface area contributed by atoms with Crippen LogP contribution in [-0.2, 0) is 9.47 Å². The Hall–Kier alpha value is -2.37. The van der Waals surface area contributed by atoms with E-state index in [1.165, 1.54) is 18.7 Å². The van der Waals surface area contributed by atoms with Crippen LogP contribution >= 0.6 is 0 Å². The molecule has 0 unspecified atom stereocenters. The molecule has 6 heteroatoms. The zero-order chi connectivity index (χ0) is 13.3.